The van der Waals surface area contributed by atoms with Gasteiger partial charge in [0.05, 0.1) is 6.20 Å². The Morgan fingerprint density at radius 1 is 1.79 bits per heavy atom. The predicted octanol–water partition coefficient (Wildman–Crippen LogP) is 1.51. The van der Waals surface area contributed by atoms with Gasteiger partial charge in [-0.3, -0.25) is 9.20 Å². The van der Waals surface area contributed by atoms with E-state index in [0.717, 1.165) is 0 Å². The van der Waals surface area contributed by atoms with Crippen LogP contribution in [0.25, 0.3) is 5.84 Å². The molecular formula is C9H10N2O3. The quantitative estimate of drug-likeness (QED) is 0.804. The van der Waals surface area contributed by atoms with Crippen LogP contribution in [0.1, 0.15) is 25.0 Å². The van der Waals surface area contributed by atoms with Gasteiger partial charge in [-0.2, -0.15) is 0 Å². The number of aliphatic carboxylic acids is 1. The zero-order valence-electron chi connectivity index (χ0n) is 7.67. The van der Waals surface area contributed by atoms with Gasteiger partial charge in [0.25, 0.3) is 0 Å². The van der Waals surface area contributed by atoms with Crippen molar-refractivity contribution in [2.45, 2.75) is 19.3 Å². The van der Waals surface area contributed by atoms with Crippen molar-refractivity contribution in [3.8, 4) is 0 Å². The van der Waals surface area contributed by atoms with Gasteiger partial charge in [0.2, 0.25) is 0 Å². The number of hydrogen-bond donors (Lipinski definition) is 1. The Labute approximate surface area is 80.0 Å². The maximum absolute atomic E-state index is 10.8. The Kier molecular flexibility index (Phi) is 1.99. The van der Waals surface area contributed by atoms with Crippen molar-refractivity contribution in [2.75, 3.05) is 0 Å². The lowest BCUT2D eigenvalue weighted by molar-refractivity contribution is -0.139. The van der Waals surface area contributed by atoms with Gasteiger partial charge in [0.1, 0.15) is 11.7 Å². The second-order valence-electron chi connectivity index (χ2n) is 3.05. The Morgan fingerprint density at radius 3 is 3.14 bits per heavy atom. The highest BCUT2D eigenvalue weighted by molar-refractivity contribution is 5.75. The van der Waals surface area contributed by atoms with E-state index in [1.807, 2.05) is 6.92 Å². The van der Waals surface area contributed by atoms with Gasteiger partial charge in [-0.15, -0.1) is 0 Å². The Bertz CT molecular complexity index is 429. The van der Waals surface area contributed by atoms with E-state index in [1.165, 1.54) is 0 Å². The van der Waals surface area contributed by atoms with E-state index in [0.29, 0.717) is 18.0 Å². The molecule has 2 rings (SSSR count). The van der Waals surface area contributed by atoms with Crippen LogP contribution < -0.4 is 0 Å². The molecule has 0 spiro atoms. The third-order valence-corrected chi connectivity index (χ3v) is 2.16. The molecule has 0 radical (unpaired) electrons. The number of oxazole rings is 1. The molecule has 1 unspecified atom stereocenters. The van der Waals surface area contributed by atoms with Crippen LogP contribution in [-0.4, -0.2) is 20.5 Å². The lowest BCUT2D eigenvalue weighted by Crippen LogP contribution is -2.09. The molecule has 0 fully saturated rings. The molecule has 0 aliphatic carbocycles. The number of carboxylic acids is 1. The molecule has 0 bridgehead atoms. The highest BCUT2D eigenvalue weighted by Crippen LogP contribution is 2.21. The molecule has 74 valence electrons. The van der Waals surface area contributed by atoms with E-state index in [1.54, 1.807) is 23.0 Å². The summed E-state index contributed by atoms with van der Waals surface area (Å²) in [6, 6.07) is 0. The topological polar surface area (TPSA) is 67.7 Å². The first-order valence-electron chi connectivity index (χ1n) is 4.37. The molecular weight excluding hydrogens is 184 g/mol. The van der Waals surface area contributed by atoms with Gasteiger partial charge < -0.3 is 9.52 Å². The molecule has 2 heterocycles. The van der Waals surface area contributed by atoms with E-state index >= 15 is 0 Å². The lowest BCUT2D eigenvalue weighted by atomic mass is 10.1. The summed E-state index contributed by atoms with van der Waals surface area (Å²) >= 11 is 0. The zero-order valence-corrected chi connectivity index (χ0v) is 7.67. The standard InChI is InChI=1S/C9H10N2O3/c1-2-6(8(12)13)7-5-11-4-3-10-9(11)14-7/h3-6H,2H2,1H3,(H,12,13). The van der Waals surface area contributed by atoms with Crippen LogP contribution in [0.15, 0.2) is 23.0 Å². The number of nitrogens with zero attached hydrogens (tertiary/aromatic N) is 2. The smallest absolute Gasteiger partial charge is 0.314 e. The summed E-state index contributed by atoms with van der Waals surface area (Å²) in [7, 11) is 0. The van der Waals surface area contributed by atoms with Gasteiger partial charge in [-0.25, -0.2) is 4.98 Å². The van der Waals surface area contributed by atoms with Crippen molar-refractivity contribution >= 4 is 11.8 Å². The average molecular weight is 194 g/mol. The number of imidazole rings is 1. The van der Waals surface area contributed by atoms with Crippen LogP contribution in [-0.2, 0) is 4.79 Å². The summed E-state index contributed by atoms with van der Waals surface area (Å²) in [5.74, 6) is -0.580. The molecule has 0 aliphatic rings. The summed E-state index contributed by atoms with van der Waals surface area (Å²) in [5, 5.41) is 8.90. The maximum atomic E-state index is 10.8. The Balaban J connectivity index is 2.42. The lowest BCUT2D eigenvalue weighted by Gasteiger charge is -2.03. The number of carbonyl (C=O) groups is 1. The van der Waals surface area contributed by atoms with Crippen LogP contribution in [0.3, 0.4) is 0 Å². The van der Waals surface area contributed by atoms with Crippen molar-refractivity contribution in [3.63, 3.8) is 0 Å². The van der Waals surface area contributed by atoms with Gasteiger partial charge in [0, 0.05) is 12.4 Å². The van der Waals surface area contributed by atoms with Crippen LogP contribution in [0.4, 0.5) is 0 Å². The minimum Gasteiger partial charge on any atom is -0.481 e. The highest BCUT2D eigenvalue weighted by Gasteiger charge is 2.22. The number of rotatable bonds is 3. The molecule has 0 saturated carbocycles. The first-order chi connectivity index (χ1) is 6.72. The van der Waals surface area contributed by atoms with Crippen molar-refractivity contribution < 1.29 is 14.3 Å². The molecule has 0 aliphatic heterocycles. The SMILES string of the molecule is CCC(C(=O)O)c1cn2ccnc2o1. The minimum absolute atomic E-state index is 0.430. The third-order valence-electron chi connectivity index (χ3n) is 2.16. The third kappa shape index (κ3) is 1.26. The van der Waals surface area contributed by atoms with Gasteiger partial charge in [-0.1, -0.05) is 6.92 Å². The second kappa shape index (κ2) is 3.17. The van der Waals surface area contributed by atoms with Crippen molar-refractivity contribution in [1.82, 2.24) is 9.38 Å². The number of fused-ring (bicyclic) bond motifs is 1. The fourth-order valence-electron chi connectivity index (χ4n) is 1.40. The van der Waals surface area contributed by atoms with Crippen LogP contribution in [0.5, 0.6) is 0 Å². The van der Waals surface area contributed by atoms with Crippen LogP contribution in [0.2, 0.25) is 0 Å². The number of carboxylic acid groups (broad SMARTS) is 1. The summed E-state index contributed by atoms with van der Waals surface area (Å²) in [4.78, 5) is 14.8. The first kappa shape index (κ1) is 8.80. The van der Waals surface area contributed by atoms with E-state index in [-0.39, 0.29) is 0 Å². The van der Waals surface area contributed by atoms with Crippen molar-refractivity contribution in [1.29, 1.82) is 0 Å². The van der Waals surface area contributed by atoms with Gasteiger partial charge >= 0.3 is 11.8 Å². The largest absolute Gasteiger partial charge is 0.481 e. The summed E-state index contributed by atoms with van der Waals surface area (Å²) in [6.07, 6.45) is 5.48. The number of hydrogen-bond acceptors (Lipinski definition) is 3. The predicted molar refractivity (Wildman–Crippen MR) is 48.1 cm³/mol. The highest BCUT2D eigenvalue weighted by atomic mass is 16.4. The van der Waals surface area contributed by atoms with E-state index in [9.17, 15) is 4.79 Å². The first-order valence-corrected chi connectivity index (χ1v) is 4.37. The molecule has 5 heteroatoms. The Hall–Kier alpha value is -1.78. The second-order valence-corrected chi connectivity index (χ2v) is 3.05. The Morgan fingerprint density at radius 2 is 2.57 bits per heavy atom. The molecule has 2 aromatic rings. The summed E-state index contributed by atoms with van der Waals surface area (Å²) in [5.41, 5.74) is 0. The zero-order chi connectivity index (χ0) is 10.1. The normalized spacial score (nSPS) is 13.2. The molecule has 0 amide bonds. The maximum Gasteiger partial charge on any atom is 0.314 e. The van der Waals surface area contributed by atoms with Crippen molar-refractivity contribution in [2.24, 2.45) is 0 Å². The van der Waals surface area contributed by atoms with Crippen LogP contribution >= 0.6 is 0 Å². The van der Waals surface area contributed by atoms with E-state index in [2.05, 4.69) is 4.98 Å². The molecule has 2 aromatic heterocycles. The monoisotopic (exact) mass is 194 g/mol. The molecule has 1 atom stereocenters. The molecule has 1 N–H and O–H groups in total. The summed E-state index contributed by atoms with van der Waals surface area (Å²) in [6.45, 7) is 1.81. The number of aromatic nitrogens is 2. The molecule has 5 nitrogen and oxygen atoms in total. The minimum atomic E-state index is -0.871. The van der Waals surface area contributed by atoms with Crippen LogP contribution in [0, 0.1) is 0 Å². The molecule has 0 saturated heterocycles. The van der Waals surface area contributed by atoms with E-state index in [4.69, 9.17) is 9.52 Å². The van der Waals surface area contributed by atoms with E-state index < -0.39 is 11.9 Å². The fraction of sp³-hybridized carbons (Fsp3) is 0.333. The molecule has 14 heavy (non-hydrogen) atoms. The van der Waals surface area contributed by atoms with Gasteiger partial charge in [0.15, 0.2) is 0 Å². The fourth-order valence-corrected chi connectivity index (χ4v) is 1.40. The molecule has 0 aromatic carbocycles. The summed E-state index contributed by atoms with van der Waals surface area (Å²) < 4.78 is 6.96. The van der Waals surface area contributed by atoms with Crippen molar-refractivity contribution in [3.05, 3.63) is 24.4 Å². The average Bonchev–Trinajstić information content (AvgIpc) is 2.63. The van der Waals surface area contributed by atoms with Gasteiger partial charge in [-0.05, 0) is 6.42 Å².